The standard InChI is InChI=1S/C16H24N2O3/c1-3-9-21-13-7-5-12(6-8-13)18-16(19)14-10-20-11-15(14)17-4-2/h5-8,14-15,17H,3-4,9-11H2,1-2H3,(H,18,19). The van der Waals surface area contributed by atoms with Gasteiger partial charge in [0, 0.05) is 11.7 Å². The molecule has 0 aliphatic carbocycles. The Hall–Kier alpha value is -1.59. The van der Waals surface area contributed by atoms with E-state index in [-0.39, 0.29) is 17.9 Å². The van der Waals surface area contributed by atoms with Crippen LogP contribution in [-0.2, 0) is 9.53 Å². The van der Waals surface area contributed by atoms with Crippen molar-refractivity contribution in [3.63, 3.8) is 0 Å². The Morgan fingerprint density at radius 3 is 2.71 bits per heavy atom. The van der Waals surface area contributed by atoms with E-state index < -0.39 is 0 Å². The number of hydrogen-bond acceptors (Lipinski definition) is 4. The number of benzene rings is 1. The van der Waals surface area contributed by atoms with Gasteiger partial charge < -0.3 is 20.1 Å². The molecule has 1 heterocycles. The summed E-state index contributed by atoms with van der Waals surface area (Å²) in [5.41, 5.74) is 0.783. The third-order valence-electron chi connectivity index (χ3n) is 3.48. The highest BCUT2D eigenvalue weighted by molar-refractivity contribution is 5.93. The van der Waals surface area contributed by atoms with Crippen molar-refractivity contribution < 1.29 is 14.3 Å². The summed E-state index contributed by atoms with van der Waals surface area (Å²) in [7, 11) is 0. The largest absolute Gasteiger partial charge is 0.494 e. The first-order valence-corrected chi connectivity index (χ1v) is 7.59. The molecule has 1 fully saturated rings. The first kappa shape index (κ1) is 15.8. The Labute approximate surface area is 126 Å². The number of nitrogens with one attached hydrogen (secondary N) is 2. The fourth-order valence-electron chi connectivity index (χ4n) is 2.37. The number of carbonyl (C=O) groups excluding carboxylic acids is 1. The van der Waals surface area contributed by atoms with Crippen LogP contribution in [0.25, 0.3) is 0 Å². The number of hydrogen-bond donors (Lipinski definition) is 2. The molecule has 0 spiro atoms. The second kappa shape index (κ2) is 8.00. The Morgan fingerprint density at radius 1 is 1.29 bits per heavy atom. The summed E-state index contributed by atoms with van der Waals surface area (Å²) >= 11 is 0. The molecule has 0 bridgehead atoms. The van der Waals surface area contributed by atoms with E-state index in [2.05, 4.69) is 17.6 Å². The van der Waals surface area contributed by atoms with E-state index in [1.165, 1.54) is 0 Å². The predicted octanol–water partition coefficient (Wildman–Crippen LogP) is 2.04. The maximum Gasteiger partial charge on any atom is 0.231 e. The lowest BCUT2D eigenvalue weighted by Gasteiger charge is -2.17. The fourth-order valence-corrected chi connectivity index (χ4v) is 2.37. The Bertz CT molecular complexity index is 447. The molecule has 21 heavy (non-hydrogen) atoms. The quantitative estimate of drug-likeness (QED) is 0.807. The van der Waals surface area contributed by atoms with Crippen LogP contribution in [0.15, 0.2) is 24.3 Å². The van der Waals surface area contributed by atoms with Crippen LogP contribution in [0.3, 0.4) is 0 Å². The van der Waals surface area contributed by atoms with E-state index in [4.69, 9.17) is 9.47 Å². The third-order valence-corrected chi connectivity index (χ3v) is 3.48. The van der Waals surface area contributed by atoms with Gasteiger partial charge in [-0.1, -0.05) is 13.8 Å². The molecule has 5 nitrogen and oxygen atoms in total. The van der Waals surface area contributed by atoms with Gasteiger partial charge in [-0.25, -0.2) is 0 Å². The average Bonchev–Trinajstić information content (AvgIpc) is 2.95. The molecule has 1 amide bonds. The molecule has 1 aromatic rings. The molecular weight excluding hydrogens is 268 g/mol. The van der Waals surface area contributed by atoms with Gasteiger partial charge in [-0.05, 0) is 37.2 Å². The summed E-state index contributed by atoms with van der Waals surface area (Å²) in [6.45, 7) is 6.70. The van der Waals surface area contributed by atoms with Crippen molar-refractivity contribution in [3.05, 3.63) is 24.3 Å². The normalized spacial score (nSPS) is 21.2. The lowest BCUT2D eigenvalue weighted by molar-refractivity contribution is -0.120. The Kier molecular flexibility index (Phi) is 6.02. The van der Waals surface area contributed by atoms with Gasteiger partial charge in [0.1, 0.15) is 5.75 Å². The molecule has 0 saturated carbocycles. The van der Waals surface area contributed by atoms with E-state index >= 15 is 0 Å². The zero-order valence-electron chi connectivity index (χ0n) is 12.7. The van der Waals surface area contributed by atoms with Gasteiger partial charge in [-0.3, -0.25) is 4.79 Å². The van der Waals surface area contributed by atoms with Gasteiger partial charge in [-0.2, -0.15) is 0 Å². The lowest BCUT2D eigenvalue weighted by atomic mass is 10.0. The SMILES string of the molecule is CCCOc1ccc(NC(=O)C2COCC2NCC)cc1. The Balaban J connectivity index is 1.90. The van der Waals surface area contributed by atoms with Crippen LogP contribution in [0.1, 0.15) is 20.3 Å². The highest BCUT2D eigenvalue weighted by Crippen LogP contribution is 2.19. The number of anilines is 1. The number of likely N-dealkylation sites (N-methyl/N-ethyl adjacent to an activating group) is 1. The minimum atomic E-state index is -0.138. The van der Waals surface area contributed by atoms with Crippen molar-refractivity contribution in [2.45, 2.75) is 26.3 Å². The number of amides is 1. The zero-order chi connectivity index (χ0) is 15.1. The Morgan fingerprint density at radius 2 is 2.05 bits per heavy atom. The van der Waals surface area contributed by atoms with Gasteiger partial charge in [0.2, 0.25) is 5.91 Å². The molecule has 1 aliphatic rings. The van der Waals surface area contributed by atoms with Crippen LogP contribution in [0.4, 0.5) is 5.69 Å². The molecule has 1 aliphatic heterocycles. The summed E-state index contributed by atoms with van der Waals surface area (Å²) in [5.74, 6) is 0.686. The van der Waals surface area contributed by atoms with Gasteiger partial charge in [0.05, 0.1) is 25.7 Å². The second-order valence-corrected chi connectivity index (χ2v) is 5.17. The molecule has 1 saturated heterocycles. The van der Waals surface area contributed by atoms with Crippen molar-refractivity contribution in [2.75, 3.05) is 31.7 Å². The molecule has 2 atom stereocenters. The summed E-state index contributed by atoms with van der Waals surface area (Å²) in [6.07, 6.45) is 0.978. The minimum Gasteiger partial charge on any atom is -0.494 e. The zero-order valence-corrected chi connectivity index (χ0v) is 12.7. The highest BCUT2D eigenvalue weighted by Gasteiger charge is 2.33. The molecule has 2 N–H and O–H groups in total. The van der Waals surface area contributed by atoms with Crippen LogP contribution in [0, 0.1) is 5.92 Å². The monoisotopic (exact) mass is 292 g/mol. The van der Waals surface area contributed by atoms with E-state index in [0.29, 0.717) is 19.8 Å². The predicted molar refractivity (Wildman–Crippen MR) is 82.6 cm³/mol. The first-order chi connectivity index (χ1) is 10.2. The molecule has 2 rings (SSSR count). The van der Waals surface area contributed by atoms with Crippen molar-refractivity contribution >= 4 is 11.6 Å². The van der Waals surface area contributed by atoms with Crippen LogP contribution < -0.4 is 15.4 Å². The maximum atomic E-state index is 12.3. The minimum absolute atomic E-state index is 0.000626. The van der Waals surface area contributed by atoms with E-state index in [9.17, 15) is 4.79 Å². The van der Waals surface area contributed by atoms with Gasteiger partial charge in [0.15, 0.2) is 0 Å². The molecule has 1 aromatic carbocycles. The van der Waals surface area contributed by atoms with Gasteiger partial charge in [-0.15, -0.1) is 0 Å². The summed E-state index contributed by atoms with van der Waals surface area (Å²) in [6, 6.07) is 7.57. The van der Waals surface area contributed by atoms with Crippen LogP contribution in [0.5, 0.6) is 5.75 Å². The van der Waals surface area contributed by atoms with Crippen LogP contribution in [0.2, 0.25) is 0 Å². The lowest BCUT2D eigenvalue weighted by Crippen LogP contribution is -2.41. The summed E-state index contributed by atoms with van der Waals surface area (Å²) < 4.78 is 10.9. The highest BCUT2D eigenvalue weighted by atomic mass is 16.5. The van der Waals surface area contributed by atoms with Gasteiger partial charge in [0.25, 0.3) is 0 Å². The second-order valence-electron chi connectivity index (χ2n) is 5.17. The van der Waals surface area contributed by atoms with Crippen molar-refractivity contribution in [3.8, 4) is 5.75 Å². The van der Waals surface area contributed by atoms with Crippen molar-refractivity contribution in [1.82, 2.24) is 5.32 Å². The van der Waals surface area contributed by atoms with Crippen molar-refractivity contribution in [1.29, 1.82) is 0 Å². The summed E-state index contributed by atoms with van der Waals surface area (Å²) in [5, 5.41) is 6.23. The molecule has 0 radical (unpaired) electrons. The number of rotatable bonds is 7. The molecule has 2 unspecified atom stereocenters. The molecule has 116 valence electrons. The van der Waals surface area contributed by atoms with Crippen molar-refractivity contribution in [2.24, 2.45) is 5.92 Å². The third kappa shape index (κ3) is 4.44. The smallest absolute Gasteiger partial charge is 0.231 e. The van der Waals surface area contributed by atoms with Gasteiger partial charge >= 0.3 is 0 Å². The number of ether oxygens (including phenoxy) is 2. The molecule has 5 heteroatoms. The maximum absolute atomic E-state index is 12.3. The topological polar surface area (TPSA) is 59.6 Å². The fraction of sp³-hybridized carbons (Fsp3) is 0.562. The average molecular weight is 292 g/mol. The summed E-state index contributed by atoms with van der Waals surface area (Å²) in [4.78, 5) is 12.3. The first-order valence-electron chi connectivity index (χ1n) is 7.59. The van der Waals surface area contributed by atoms with E-state index in [1.807, 2.05) is 31.2 Å². The van der Waals surface area contributed by atoms with E-state index in [0.717, 1.165) is 24.4 Å². The van der Waals surface area contributed by atoms with Crippen LogP contribution in [-0.4, -0.2) is 38.3 Å². The number of carbonyl (C=O) groups is 1. The molecular formula is C16H24N2O3. The van der Waals surface area contributed by atoms with E-state index in [1.54, 1.807) is 0 Å². The van der Waals surface area contributed by atoms with Crippen LogP contribution >= 0.6 is 0 Å². The molecule has 0 aromatic heterocycles.